The van der Waals surface area contributed by atoms with Crippen LogP contribution in [0.4, 0.5) is 0 Å². The maximum absolute atomic E-state index is 5.88. The van der Waals surface area contributed by atoms with E-state index in [2.05, 4.69) is 54.3 Å². The lowest BCUT2D eigenvalue weighted by atomic mass is 10.1. The van der Waals surface area contributed by atoms with Crippen molar-refractivity contribution in [2.24, 2.45) is 0 Å². The molecule has 18 heavy (non-hydrogen) atoms. The van der Waals surface area contributed by atoms with Gasteiger partial charge in [-0.1, -0.05) is 23.7 Å². The van der Waals surface area contributed by atoms with E-state index in [1.54, 1.807) is 0 Å². The predicted molar refractivity (Wildman–Crippen MR) is 76.8 cm³/mol. The molecule has 1 aromatic carbocycles. The Hall–Kier alpha value is -1.25. The largest absolute Gasteiger partial charge is 0.354 e. The van der Waals surface area contributed by atoms with E-state index in [1.165, 1.54) is 11.1 Å². The summed E-state index contributed by atoms with van der Waals surface area (Å²) in [5.74, 6) is 0. The summed E-state index contributed by atoms with van der Waals surface area (Å²) in [6, 6.07) is 10.5. The lowest BCUT2D eigenvalue weighted by Gasteiger charge is -2.13. The number of nitrogens with zero attached hydrogens (tertiary/aromatic N) is 1. The first-order valence-corrected chi connectivity index (χ1v) is 6.70. The van der Waals surface area contributed by atoms with Crippen molar-refractivity contribution in [1.29, 1.82) is 0 Å². The maximum Gasteiger partial charge on any atom is 0.0406 e. The van der Waals surface area contributed by atoms with Crippen molar-refractivity contribution in [2.45, 2.75) is 33.0 Å². The molecule has 1 N–H and O–H groups in total. The van der Waals surface area contributed by atoms with E-state index in [-0.39, 0.29) is 0 Å². The topological polar surface area (TPSA) is 17.0 Å². The van der Waals surface area contributed by atoms with Crippen LogP contribution in [-0.4, -0.2) is 4.57 Å². The van der Waals surface area contributed by atoms with Gasteiger partial charge in [0.25, 0.3) is 0 Å². The molecule has 0 aliphatic heterocycles. The zero-order valence-corrected chi connectivity index (χ0v) is 11.6. The summed E-state index contributed by atoms with van der Waals surface area (Å²) < 4.78 is 2.18. The van der Waals surface area contributed by atoms with Crippen molar-refractivity contribution in [1.82, 2.24) is 9.88 Å². The van der Waals surface area contributed by atoms with E-state index >= 15 is 0 Å². The van der Waals surface area contributed by atoms with Crippen molar-refractivity contribution in [3.8, 4) is 0 Å². The van der Waals surface area contributed by atoms with Gasteiger partial charge < -0.3 is 9.88 Å². The highest BCUT2D eigenvalue weighted by Gasteiger charge is 2.05. The number of aryl methyl sites for hydroxylation is 1. The number of rotatable bonds is 5. The summed E-state index contributed by atoms with van der Waals surface area (Å²) in [4.78, 5) is 0. The number of benzene rings is 1. The summed E-state index contributed by atoms with van der Waals surface area (Å²) in [5, 5.41) is 4.30. The van der Waals surface area contributed by atoms with E-state index in [1.807, 2.05) is 12.1 Å². The first-order valence-electron chi connectivity index (χ1n) is 6.32. The van der Waals surface area contributed by atoms with Crippen molar-refractivity contribution < 1.29 is 0 Å². The third-order valence-electron chi connectivity index (χ3n) is 3.16. The summed E-state index contributed by atoms with van der Waals surface area (Å²) in [5.41, 5.74) is 2.58. The van der Waals surface area contributed by atoms with Gasteiger partial charge in [-0.3, -0.25) is 0 Å². The molecule has 0 saturated carbocycles. The molecule has 0 aliphatic carbocycles. The second-order valence-electron chi connectivity index (χ2n) is 4.50. The molecule has 1 heterocycles. The molecule has 1 atom stereocenters. The minimum absolute atomic E-state index is 0.326. The predicted octanol–water partition coefficient (Wildman–Crippen LogP) is 4.01. The van der Waals surface area contributed by atoms with Crippen molar-refractivity contribution in [3.05, 3.63) is 58.9 Å². The zero-order chi connectivity index (χ0) is 13.0. The van der Waals surface area contributed by atoms with E-state index in [4.69, 9.17) is 11.6 Å². The Bertz CT molecular complexity index is 487. The molecule has 2 nitrogen and oxygen atoms in total. The Morgan fingerprint density at radius 3 is 2.56 bits per heavy atom. The molecule has 3 heteroatoms. The molecular formula is C15H19ClN2. The van der Waals surface area contributed by atoms with Gasteiger partial charge in [0, 0.05) is 36.5 Å². The Labute approximate surface area is 114 Å². The van der Waals surface area contributed by atoms with Crippen LogP contribution in [0.5, 0.6) is 0 Å². The maximum atomic E-state index is 5.88. The van der Waals surface area contributed by atoms with Gasteiger partial charge >= 0.3 is 0 Å². The Kier molecular flexibility index (Phi) is 4.45. The van der Waals surface area contributed by atoms with Crippen LogP contribution in [0, 0.1) is 0 Å². The SMILES string of the molecule is CCn1ccc(CNC(C)c2ccc(Cl)cc2)c1. The monoisotopic (exact) mass is 262 g/mol. The van der Waals surface area contributed by atoms with E-state index in [0.29, 0.717) is 6.04 Å². The van der Waals surface area contributed by atoms with Crippen LogP contribution in [-0.2, 0) is 13.1 Å². The molecule has 1 aromatic heterocycles. The van der Waals surface area contributed by atoms with Crippen molar-refractivity contribution in [3.63, 3.8) is 0 Å². The number of nitrogens with one attached hydrogen (secondary N) is 1. The van der Waals surface area contributed by atoms with Gasteiger partial charge in [-0.25, -0.2) is 0 Å². The number of halogens is 1. The second kappa shape index (κ2) is 6.07. The van der Waals surface area contributed by atoms with Gasteiger partial charge in [-0.05, 0) is 43.2 Å². The van der Waals surface area contributed by atoms with Gasteiger partial charge in [0.2, 0.25) is 0 Å². The van der Waals surface area contributed by atoms with Crippen LogP contribution in [0.3, 0.4) is 0 Å². The molecule has 2 aromatic rings. The number of aromatic nitrogens is 1. The van der Waals surface area contributed by atoms with Crippen LogP contribution in [0.2, 0.25) is 5.02 Å². The van der Waals surface area contributed by atoms with E-state index in [9.17, 15) is 0 Å². The van der Waals surface area contributed by atoms with E-state index < -0.39 is 0 Å². The Balaban J connectivity index is 1.91. The summed E-state index contributed by atoms with van der Waals surface area (Å²) in [6.07, 6.45) is 4.30. The van der Waals surface area contributed by atoms with Crippen LogP contribution in [0.15, 0.2) is 42.7 Å². The highest BCUT2D eigenvalue weighted by atomic mass is 35.5. The lowest BCUT2D eigenvalue weighted by molar-refractivity contribution is 0.574. The average molecular weight is 263 g/mol. The highest BCUT2D eigenvalue weighted by Crippen LogP contribution is 2.16. The third kappa shape index (κ3) is 3.37. The standard InChI is InChI=1S/C15H19ClN2/c1-3-18-9-8-13(11-18)10-17-12(2)14-4-6-15(16)7-5-14/h4-9,11-12,17H,3,10H2,1-2H3. The minimum atomic E-state index is 0.326. The molecule has 2 rings (SSSR count). The molecule has 0 saturated heterocycles. The van der Waals surface area contributed by atoms with Gasteiger partial charge in [0.1, 0.15) is 0 Å². The second-order valence-corrected chi connectivity index (χ2v) is 4.94. The van der Waals surface area contributed by atoms with Crippen LogP contribution in [0.25, 0.3) is 0 Å². The van der Waals surface area contributed by atoms with E-state index in [0.717, 1.165) is 18.1 Å². The number of hydrogen-bond donors (Lipinski definition) is 1. The molecular weight excluding hydrogens is 244 g/mol. The highest BCUT2D eigenvalue weighted by molar-refractivity contribution is 6.30. The minimum Gasteiger partial charge on any atom is -0.354 e. The first-order chi connectivity index (χ1) is 8.69. The summed E-state index contributed by atoms with van der Waals surface area (Å²) >= 11 is 5.88. The molecule has 0 bridgehead atoms. The lowest BCUT2D eigenvalue weighted by Crippen LogP contribution is -2.17. The van der Waals surface area contributed by atoms with Crippen LogP contribution in [0.1, 0.15) is 31.0 Å². The van der Waals surface area contributed by atoms with Crippen LogP contribution < -0.4 is 5.32 Å². The molecule has 0 fully saturated rings. The van der Waals surface area contributed by atoms with Gasteiger partial charge in [0.05, 0.1) is 0 Å². The molecule has 0 radical (unpaired) electrons. The average Bonchev–Trinajstić information content (AvgIpc) is 2.85. The molecule has 1 unspecified atom stereocenters. The van der Waals surface area contributed by atoms with Gasteiger partial charge in [-0.15, -0.1) is 0 Å². The molecule has 0 spiro atoms. The van der Waals surface area contributed by atoms with Crippen molar-refractivity contribution in [2.75, 3.05) is 0 Å². The van der Waals surface area contributed by atoms with Gasteiger partial charge in [0.15, 0.2) is 0 Å². The van der Waals surface area contributed by atoms with Crippen LogP contribution >= 0.6 is 11.6 Å². The Morgan fingerprint density at radius 1 is 1.22 bits per heavy atom. The Morgan fingerprint density at radius 2 is 1.94 bits per heavy atom. The number of hydrogen-bond acceptors (Lipinski definition) is 1. The first kappa shape index (κ1) is 13.2. The fourth-order valence-corrected chi connectivity index (χ4v) is 2.06. The fraction of sp³-hybridized carbons (Fsp3) is 0.333. The quantitative estimate of drug-likeness (QED) is 0.861. The third-order valence-corrected chi connectivity index (χ3v) is 3.41. The summed E-state index contributed by atoms with van der Waals surface area (Å²) in [7, 11) is 0. The molecule has 0 amide bonds. The summed E-state index contributed by atoms with van der Waals surface area (Å²) in [6.45, 7) is 6.22. The van der Waals surface area contributed by atoms with Crippen molar-refractivity contribution >= 4 is 11.6 Å². The smallest absolute Gasteiger partial charge is 0.0406 e. The van der Waals surface area contributed by atoms with Gasteiger partial charge in [-0.2, -0.15) is 0 Å². The molecule has 0 aliphatic rings. The fourth-order valence-electron chi connectivity index (χ4n) is 1.93. The molecule has 96 valence electrons. The zero-order valence-electron chi connectivity index (χ0n) is 10.9. The normalized spacial score (nSPS) is 12.6.